The van der Waals surface area contributed by atoms with E-state index in [2.05, 4.69) is 16.0 Å². The van der Waals surface area contributed by atoms with Crippen LogP contribution in [0.1, 0.15) is 44.0 Å². The first kappa shape index (κ1) is 18.8. The quantitative estimate of drug-likeness (QED) is 0.739. The average molecular weight is 360 g/mol. The number of amides is 3. The number of benzene rings is 2. The molecule has 5 nitrogen and oxygen atoms in total. The van der Waals surface area contributed by atoms with Crippen LogP contribution in [0.3, 0.4) is 0 Å². The van der Waals surface area contributed by atoms with Crippen molar-refractivity contribution in [2.75, 3.05) is 5.32 Å². The van der Waals surface area contributed by atoms with Gasteiger partial charge in [0.15, 0.2) is 0 Å². The molecule has 0 radical (unpaired) electrons. The van der Waals surface area contributed by atoms with Crippen LogP contribution in [-0.2, 0) is 4.79 Å². The zero-order valence-corrected chi connectivity index (χ0v) is 15.2. The molecule has 6 heteroatoms. The fraction of sp³-hybridized carbons (Fsp3) is 0.263. The van der Waals surface area contributed by atoms with Crippen molar-refractivity contribution in [1.29, 1.82) is 0 Å². The summed E-state index contributed by atoms with van der Waals surface area (Å²) in [7, 11) is 0. The van der Waals surface area contributed by atoms with Crippen molar-refractivity contribution in [3.63, 3.8) is 0 Å². The second-order valence-corrected chi connectivity index (χ2v) is 6.36. The highest BCUT2D eigenvalue weighted by molar-refractivity contribution is 6.30. The number of hydrogen-bond acceptors (Lipinski definition) is 2. The molecule has 0 saturated heterocycles. The van der Waals surface area contributed by atoms with Crippen molar-refractivity contribution in [1.82, 2.24) is 10.6 Å². The van der Waals surface area contributed by atoms with E-state index in [1.165, 1.54) is 6.92 Å². The van der Waals surface area contributed by atoms with Crippen LogP contribution < -0.4 is 16.0 Å². The third-order valence-electron chi connectivity index (χ3n) is 3.77. The summed E-state index contributed by atoms with van der Waals surface area (Å²) in [5, 5.41) is 9.19. The van der Waals surface area contributed by atoms with Crippen LogP contribution in [0.15, 0.2) is 48.5 Å². The number of nitrogens with one attached hydrogen (secondary N) is 3. The van der Waals surface area contributed by atoms with Crippen molar-refractivity contribution in [2.45, 2.75) is 32.9 Å². The SMILES string of the molecule is CC(=O)Nc1cccc([C@H](C)NC(=O)N[C@H](C)c2ccc(Cl)cc2)c1. The third-order valence-corrected chi connectivity index (χ3v) is 4.02. The number of carbonyl (C=O) groups is 2. The summed E-state index contributed by atoms with van der Waals surface area (Å²) in [6.45, 7) is 5.25. The summed E-state index contributed by atoms with van der Waals surface area (Å²) in [6.07, 6.45) is 0. The Bertz CT molecular complexity index is 747. The van der Waals surface area contributed by atoms with Gasteiger partial charge in [0.05, 0.1) is 12.1 Å². The molecule has 0 spiro atoms. The molecule has 0 aliphatic heterocycles. The monoisotopic (exact) mass is 359 g/mol. The standard InChI is InChI=1S/C19H22ClN3O2/c1-12(15-7-9-17(20)10-8-15)21-19(25)22-13(2)16-5-4-6-18(11-16)23-14(3)24/h4-13H,1-3H3,(H,23,24)(H2,21,22,25)/t12-,13+/m1/s1. The zero-order chi connectivity index (χ0) is 18.4. The first-order valence-corrected chi connectivity index (χ1v) is 8.43. The van der Waals surface area contributed by atoms with Gasteiger partial charge < -0.3 is 16.0 Å². The lowest BCUT2D eigenvalue weighted by Gasteiger charge is -2.19. The molecule has 2 aromatic carbocycles. The van der Waals surface area contributed by atoms with E-state index in [1.807, 2.05) is 44.2 Å². The van der Waals surface area contributed by atoms with E-state index in [0.717, 1.165) is 11.1 Å². The van der Waals surface area contributed by atoms with Crippen LogP contribution in [0.5, 0.6) is 0 Å². The Morgan fingerprint density at radius 1 is 0.920 bits per heavy atom. The van der Waals surface area contributed by atoms with Gasteiger partial charge in [0.2, 0.25) is 5.91 Å². The molecule has 25 heavy (non-hydrogen) atoms. The number of carbonyl (C=O) groups excluding carboxylic acids is 2. The summed E-state index contributed by atoms with van der Waals surface area (Å²) >= 11 is 5.88. The van der Waals surface area contributed by atoms with Crippen LogP contribution in [0.2, 0.25) is 5.02 Å². The van der Waals surface area contributed by atoms with E-state index in [9.17, 15) is 9.59 Å². The molecule has 0 aliphatic rings. The normalized spacial score (nSPS) is 12.8. The summed E-state index contributed by atoms with van der Waals surface area (Å²) in [4.78, 5) is 23.4. The lowest BCUT2D eigenvalue weighted by atomic mass is 10.1. The summed E-state index contributed by atoms with van der Waals surface area (Å²) in [6, 6.07) is 14.1. The summed E-state index contributed by atoms with van der Waals surface area (Å²) < 4.78 is 0. The van der Waals surface area contributed by atoms with Crippen molar-refractivity contribution < 1.29 is 9.59 Å². The predicted molar refractivity (Wildman–Crippen MR) is 101 cm³/mol. The van der Waals surface area contributed by atoms with Gasteiger partial charge in [-0.05, 0) is 49.2 Å². The van der Waals surface area contributed by atoms with E-state index >= 15 is 0 Å². The molecule has 2 rings (SSSR count). The topological polar surface area (TPSA) is 70.2 Å². The van der Waals surface area contributed by atoms with Crippen LogP contribution in [0, 0.1) is 0 Å². The van der Waals surface area contributed by atoms with Crippen LogP contribution in [-0.4, -0.2) is 11.9 Å². The van der Waals surface area contributed by atoms with E-state index in [0.29, 0.717) is 10.7 Å². The van der Waals surface area contributed by atoms with Gasteiger partial charge >= 0.3 is 6.03 Å². The Labute approximate surface area is 152 Å². The molecule has 0 unspecified atom stereocenters. The Kier molecular flexibility index (Phi) is 6.42. The fourth-order valence-electron chi connectivity index (χ4n) is 2.44. The molecule has 2 aromatic rings. The summed E-state index contributed by atoms with van der Waals surface area (Å²) in [5.74, 6) is -0.132. The largest absolute Gasteiger partial charge is 0.332 e. The van der Waals surface area contributed by atoms with Gasteiger partial charge in [-0.15, -0.1) is 0 Å². The van der Waals surface area contributed by atoms with Gasteiger partial charge in [0.25, 0.3) is 0 Å². The Morgan fingerprint density at radius 3 is 2.12 bits per heavy atom. The predicted octanol–water partition coefficient (Wildman–Crippen LogP) is 4.42. The Balaban J connectivity index is 1.95. The minimum Gasteiger partial charge on any atom is -0.332 e. The van der Waals surface area contributed by atoms with Gasteiger partial charge in [-0.3, -0.25) is 4.79 Å². The molecular formula is C19H22ClN3O2. The Morgan fingerprint density at radius 2 is 1.52 bits per heavy atom. The lowest BCUT2D eigenvalue weighted by Crippen LogP contribution is -2.38. The highest BCUT2D eigenvalue weighted by Gasteiger charge is 2.13. The third kappa shape index (κ3) is 5.80. The van der Waals surface area contributed by atoms with Crippen molar-refractivity contribution >= 4 is 29.2 Å². The maximum Gasteiger partial charge on any atom is 0.315 e. The molecule has 0 bridgehead atoms. The molecule has 0 aromatic heterocycles. The molecule has 0 fully saturated rings. The molecule has 2 atom stereocenters. The second kappa shape index (κ2) is 8.53. The van der Waals surface area contributed by atoms with Crippen LogP contribution >= 0.6 is 11.6 Å². The second-order valence-electron chi connectivity index (χ2n) is 5.92. The minimum atomic E-state index is -0.264. The Hall–Kier alpha value is -2.53. The van der Waals surface area contributed by atoms with E-state index in [1.54, 1.807) is 18.2 Å². The number of urea groups is 1. The molecule has 0 heterocycles. The molecule has 0 aliphatic carbocycles. The highest BCUT2D eigenvalue weighted by atomic mass is 35.5. The van der Waals surface area contributed by atoms with Crippen LogP contribution in [0.4, 0.5) is 10.5 Å². The summed E-state index contributed by atoms with van der Waals surface area (Å²) in [5.41, 5.74) is 2.58. The number of anilines is 1. The zero-order valence-electron chi connectivity index (χ0n) is 14.5. The van der Waals surface area contributed by atoms with Gasteiger partial charge in [-0.25, -0.2) is 4.79 Å². The number of hydrogen-bond donors (Lipinski definition) is 3. The minimum absolute atomic E-state index is 0.132. The van der Waals surface area contributed by atoms with Gasteiger partial charge in [0.1, 0.15) is 0 Å². The lowest BCUT2D eigenvalue weighted by molar-refractivity contribution is -0.114. The van der Waals surface area contributed by atoms with Gasteiger partial charge in [-0.2, -0.15) is 0 Å². The molecular weight excluding hydrogens is 338 g/mol. The molecule has 3 N–H and O–H groups in total. The van der Waals surface area contributed by atoms with Crippen molar-refractivity contribution in [3.05, 3.63) is 64.7 Å². The van der Waals surface area contributed by atoms with Crippen molar-refractivity contribution in [3.8, 4) is 0 Å². The van der Waals surface area contributed by atoms with Gasteiger partial charge in [0, 0.05) is 17.6 Å². The van der Waals surface area contributed by atoms with E-state index in [-0.39, 0.29) is 24.0 Å². The fourth-order valence-corrected chi connectivity index (χ4v) is 2.57. The van der Waals surface area contributed by atoms with Crippen molar-refractivity contribution in [2.24, 2.45) is 0 Å². The van der Waals surface area contributed by atoms with Crippen LogP contribution in [0.25, 0.3) is 0 Å². The van der Waals surface area contributed by atoms with Gasteiger partial charge in [-0.1, -0.05) is 35.9 Å². The molecule has 3 amide bonds. The molecule has 0 saturated carbocycles. The average Bonchev–Trinajstić information content (AvgIpc) is 2.54. The maximum atomic E-state index is 12.2. The number of halogens is 1. The first-order valence-electron chi connectivity index (χ1n) is 8.05. The highest BCUT2D eigenvalue weighted by Crippen LogP contribution is 2.18. The maximum absolute atomic E-state index is 12.2. The first-order chi connectivity index (χ1) is 11.8. The van der Waals surface area contributed by atoms with E-state index in [4.69, 9.17) is 11.6 Å². The molecule has 132 valence electrons. The smallest absolute Gasteiger partial charge is 0.315 e. The van der Waals surface area contributed by atoms with E-state index < -0.39 is 0 Å². The number of rotatable bonds is 5.